The van der Waals surface area contributed by atoms with Crippen molar-refractivity contribution in [2.45, 2.75) is 19.8 Å². The third-order valence-corrected chi connectivity index (χ3v) is 2.66. The number of carboxylic acids is 1. The Labute approximate surface area is 125 Å². The molecule has 0 saturated carbocycles. The SMILES string of the molecule is CCCCNC(=O)NC(=O)CN(CCN(C)C)CC(=O)O. The van der Waals surface area contributed by atoms with Gasteiger partial charge in [-0.2, -0.15) is 0 Å². The lowest BCUT2D eigenvalue weighted by Crippen LogP contribution is -2.46. The molecule has 122 valence electrons. The number of rotatable bonds is 10. The maximum absolute atomic E-state index is 11.7. The molecule has 0 aromatic heterocycles. The Kier molecular flexibility index (Phi) is 10.2. The van der Waals surface area contributed by atoms with Crippen LogP contribution in [-0.2, 0) is 9.59 Å². The molecule has 0 heterocycles. The lowest BCUT2D eigenvalue weighted by atomic mass is 10.3. The molecule has 0 radical (unpaired) electrons. The van der Waals surface area contributed by atoms with Gasteiger partial charge in [0, 0.05) is 19.6 Å². The number of hydrogen-bond acceptors (Lipinski definition) is 5. The van der Waals surface area contributed by atoms with E-state index in [9.17, 15) is 14.4 Å². The third kappa shape index (κ3) is 11.8. The molecule has 8 heteroatoms. The number of amides is 3. The fourth-order valence-corrected chi connectivity index (χ4v) is 1.54. The average Bonchev–Trinajstić information content (AvgIpc) is 2.35. The number of carbonyl (C=O) groups excluding carboxylic acids is 2. The van der Waals surface area contributed by atoms with E-state index in [1.165, 1.54) is 4.90 Å². The Morgan fingerprint density at radius 2 is 1.76 bits per heavy atom. The fourth-order valence-electron chi connectivity index (χ4n) is 1.54. The highest BCUT2D eigenvalue weighted by molar-refractivity contribution is 5.95. The summed E-state index contributed by atoms with van der Waals surface area (Å²) < 4.78 is 0. The number of hydrogen-bond donors (Lipinski definition) is 3. The summed E-state index contributed by atoms with van der Waals surface area (Å²) in [5.74, 6) is -1.52. The van der Waals surface area contributed by atoms with Crippen LogP contribution >= 0.6 is 0 Å². The lowest BCUT2D eigenvalue weighted by Gasteiger charge is -2.21. The molecule has 0 fully saturated rings. The fraction of sp³-hybridized carbons (Fsp3) is 0.769. The lowest BCUT2D eigenvalue weighted by molar-refractivity contribution is -0.138. The maximum atomic E-state index is 11.7. The van der Waals surface area contributed by atoms with Crippen molar-refractivity contribution in [1.82, 2.24) is 20.4 Å². The second-order valence-corrected chi connectivity index (χ2v) is 5.07. The molecular weight excluding hydrogens is 276 g/mol. The van der Waals surface area contributed by atoms with E-state index in [0.717, 1.165) is 12.8 Å². The summed E-state index contributed by atoms with van der Waals surface area (Å²) in [4.78, 5) is 37.3. The van der Waals surface area contributed by atoms with Gasteiger partial charge >= 0.3 is 12.0 Å². The van der Waals surface area contributed by atoms with Crippen molar-refractivity contribution in [1.29, 1.82) is 0 Å². The van der Waals surface area contributed by atoms with Gasteiger partial charge in [0.15, 0.2) is 0 Å². The van der Waals surface area contributed by atoms with Crippen LogP contribution in [-0.4, -0.2) is 79.6 Å². The van der Waals surface area contributed by atoms with Gasteiger partial charge < -0.3 is 15.3 Å². The van der Waals surface area contributed by atoms with Gasteiger partial charge in [0.2, 0.25) is 5.91 Å². The Morgan fingerprint density at radius 3 is 2.29 bits per heavy atom. The maximum Gasteiger partial charge on any atom is 0.321 e. The molecule has 3 N–H and O–H groups in total. The quantitative estimate of drug-likeness (QED) is 0.473. The standard InChI is InChI=1S/C13H26N4O4/c1-4-5-6-14-13(21)15-11(18)9-17(10-12(19)20)8-7-16(2)3/h4-10H2,1-3H3,(H,19,20)(H2,14,15,18,21). The Morgan fingerprint density at radius 1 is 1.10 bits per heavy atom. The molecule has 8 nitrogen and oxygen atoms in total. The van der Waals surface area contributed by atoms with Crippen LogP contribution in [0.3, 0.4) is 0 Å². The van der Waals surface area contributed by atoms with Crippen LogP contribution in [0.15, 0.2) is 0 Å². The topological polar surface area (TPSA) is 102 Å². The van der Waals surface area contributed by atoms with E-state index in [0.29, 0.717) is 19.6 Å². The number of urea groups is 1. The van der Waals surface area contributed by atoms with Crippen LogP contribution in [0.1, 0.15) is 19.8 Å². The first-order valence-corrected chi connectivity index (χ1v) is 7.01. The third-order valence-electron chi connectivity index (χ3n) is 2.66. The summed E-state index contributed by atoms with van der Waals surface area (Å²) in [6.07, 6.45) is 1.79. The van der Waals surface area contributed by atoms with Crippen LogP contribution in [0.4, 0.5) is 4.79 Å². The molecule has 3 amide bonds. The van der Waals surface area contributed by atoms with E-state index < -0.39 is 17.9 Å². The first-order valence-electron chi connectivity index (χ1n) is 7.01. The van der Waals surface area contributed by atoms with Crippen LogP contribution in [0, 0.1) is 0 Å². The molecule has 21 heavy (non-hydrogen) atoms. The minimum atomic E-state index is -1.01. The van der Waals surface area contributed by atoms with Crippen LogP contribution in [0.25, 0.3) is 0 Å². The smallest absolute Gasteiger partial charge is 0.321 e. The van der Waals surface area contributed by atoms with E-state index in [2.05, 4.69) is 10.6 Å². The Balaban J connectivity index is 4.18. The van der Waals surface area contributed by atoms with Crippen molar-refractivity contribution in [3.63, 3.8) is 0 Å². The largest absolute Gasteiger partial charge is 0.480 e. The molecule has 0 rings (SSSR count). The molecule has 0 aliphatic carbocycles. The van der Waals surface area contributed by atoms with Crippen LogP contribution in [0.2, 0.25) is 0 Å². The molecular formula is C13H26N4O4. The van der Waals surface area contributed by atoms with E-state index in [4.69, 9.17) is 5.11 Å². The van der Waals surface area contributed by atoms with Gasteiger partial charge in [-0.25, -0.2) is 4.79 Å². The van der Waals surface area contributed by atoms with E-state index in [-0.39, 0.29) is 13.1 Å². The number of imide groups is 1. The van der Waals surface area contributed by atoms with Crippen LogP contribution in [0.5, 0.6) is 0 Å². The predicted octanol–water partition coefficient (Wildman–Crippen LogP) is -0.439. The number of aliphatic carboxylic acids is 1. The second kappa shape index (κ2) is 11.0. The van der Waals surface area contributed by atoms with Crippen molar-refractivity contribution in [2.24, 2.45) is 0 Å². The van der Waals surface area contributed by atoms with Gasteiger partial charge in [-0.05, 0) is 20.5 Å². The molecule has 0 spiro atoms. The van der Waals surface area contributed by atoms with Gasteiger partial charge in [-0.15, -0.1) is 0 Å². The monoisotopic (exact) mass is 302 g/mol. The minimum Gasteiger partial charge on any atom is -0.480 e. The number of carbonyl (C=O) groups is 3. The number of nitrogens with one attached hydrogen (secondary N) is 2. The number of likely N-dealkylation sites (N-methyl/N-ethyl adjacent to an activating group) is 1. The zero-order valence-corrected chi connectivity index (χ0v) is 13.0. The zero-order chi connectivity index (χ0) is 16.3. The molecule has 0 bridgehead atoms. The first-order chi connectivity index (χ1) is 9.85. The molecule has 0 aliphatic rings. The summed E-state index contributed by atoms with van der Waals surface area (Å²) in [6, 6.07) is -0.545. The molecule has 0 atom stereocenters. The number of unbranched alkanes of at least 4 members (excludes halogenated alkanes) is 1. The summed E-state index contributed by atoms with van der Waals surface area (Å²) in [7, 11) is 3.72. The van der Waals surface area contributed by atoms with Crippen molar-refractivity contribution in [2.75, 3.05) is 46.8 Å². The van der Waals surface area contributed by atoms with Crippen LogP contribution < -0.4 is 10.6 Å². The molecule has 0 aromatic carbocycles. The summed E-state index contributed by atoms with van der Waals surface area (Å²) in [5, 5.41) is 13.6. The second-order valence-electron chi connectivity index (χ2n) is 5.07. The molecule has 0 unspecified atom stereocenters. The van der Waals surface area contributed by atoms with Crippen molar-refractivity contribution in [3.8, 4) is 0 Å². The highest BCUT2D eigenvalue weighted by atomic mass is 16.4. The number of carboxylic acid groups (broad SMARTS) is 1. The van der Waals surface area contributed by atoms with Gasteiger partial charge in [0.1, 0.15) is 0 Å². The molecule has 0 saturated heterocycles. The molecule has 0 aromatic rings. The summed E-state index contributed by atoms with van der Waals surface area (Å²) in [5.41, 5.74) is 0. The van der Waals surface area contributed by atoms with Gasteiger partial charge in [-0.1, -0.05) is 13.3 Å². The van der Waals surface area contributed by atoms with Gasteiger partial charge in [0.25, 0.3) is 0 Å². The van der Waals surface area contributed by atoms with Crippen molar-refractivity contribution >= 4 is 17.9 Å². The van der Waals surface area contributed by atoms with E-state index in [1.807, 2.05) is 25.9 Å². The predicted molar refractivity (Wildman–Crippen MR) is 79.1 cm³/mol. The highest BCUT2D eigenvalue weighted by Crippen LogP contribution is 1.90. The van der Waals surface area contributed by atoms with Crippen molar-refractivity contribution < 1.29 is 19.5 Å². The Hall–Kier alpha value is -1.67. The first kappa shape index (κ1) is 19.3. The highest BCUT2D eigenvalue weighted by Gasteiger charge is 2.15. The van der Waals surface area contributed by atoms with E-state index in [1.54, 1.807) is 0 Å². The zero-order valence-electron chi connectivity index (χ0n) is 13.0. The minimum absolute atomic E-state index is 0.124. The summed E-state index contributed by atoms with van der Waals surface area (Å²) in [6.45, 7) is 3.21. The van der Waals surface area contributed by atoms with Gasteiger partial charge in [-0.3, -0.25) is 19.8 Å². The Bertz CT molecular complexity index is 347. The normalized spacial score (nSPS) is 10.7. The summed E-state index contributed by atoms with van der Waals surface area (Å²) >= 11 is 0. The number of nitrogens with zero attached hydrogens (tertiary/aromatic N) is 2. The average molecular weight is 302 g/mol. The van der Waals surface area contributed by atoms with Gasteiger partial charge in [0.05, 0.1) is 13.1 Å². The van der Waals surface area contributed by atoms with E-state index >= 15 is 0 Å². The molecule has 0 aliphatic heterocycles. The van der Waals surface area contributed by atoms with Crippen molar-refractivity contribution in [3.05, 3.63) is 0 Å².